The molecule has 36 heavy (non-hydrogen) atoms. The van der Waals surface area contributed by atoms with Gasteiger partial charge in [0.1, 0.15) is 11.9 Å². The Hall–Kier alpha value is -3.85. The predicted molar refractivity (Wildman–Crippen MR) is 144 cm³/mol. The highest BCUT2D eigenvalue weighted by Gasteiger charge is 2.27. The van der Waals surface area contributed by atoms with Crippen molar-refractivity contribution in [3.63, 3.8) is 0 Å². The summed E-state index contributed by atoms with van der Waals surface area (Å²) in [4.78, 5) is 1.83. The number of rotatable bonds is 5. The third kappa shape index (κ3) is 4.79. The first-order chi connectivity index (χ1) is 17.2. The van der Waals surface area contributed by atoms with Crippen LogP contribution in [-0.2, 0) is 16.6 Å². The van der Waals surface area contributed by atoms with Gasteiger partial charge in [0.15, 0.2) is 5.96 Å². The van der Waals surface area contributed by atoms with Crippen LogP contribution >= 0.6 is 0 Å². The molecular formula is C27H29N5O3S. The molecule has 5 rings (SSSR count). The molecule has 0 amide bonds. The fourth-order valence-electron chi connectivity index (χ4n) is 4.71. The molecule has 0 saturated carbocycles. The van der Waals surface area contributed by atoms with Crippen LogP contribution in [0.1, 0.15) is 36.5 Å². The van der Waals surface area contributed by atoms with Crippen molar-refractivity contribution in [2.45, 2.75) is 32.4 Å². The summed E-state index contributed by atoms with van der Waals surface area (Å²) in [5.74, 6) is 0.782. The highest BCUT2D eigenvalue weighted by molar-refractivity contribution is 7.95. The van der Waals surface area contributed by atoms with Crippen LogP contribution in [0.15, 0.2) is 60.0 Å². The lowest BCUT2D eigenvalue weighted by Gasteiger charge is -2.32. The SMILES string of the molecule is CC(=N)c1ccc2ccc(CN3c4ccc(OC5CCN(C(=N)N)CC5)cc4C=CS3(=O)=O)cc2c1. The van der Waals surface area contributed by atoms with E-state index < -0.39 is 10.0 Å². The van der Waals surface area contributed by atoms with Crippen LogP contribution in [-0.4, -0.2) is 44.2 Å². The van der Waals surface area contributed by atoms with Gasteiger partial charge in [-0.1, -0.05) is 24.3 Å². The minimum Gasteiger partial charge on any atom is -0.490 e. The molecule has 4 N–H and O–H groups in total. The van der Waals surface area contributed by atoms with E-state index in [1.54, 1.807) is 19.1 Å². The second kappa shape index (κ2) is 9.31. The van der Waals surface area contributed by atoms with E-state index in [0.29, 0.717) is 30.2 Å². The topological polar surface area (TPSA) is 124 Å². The number of ether oxygens (including phenoxy) is 1. The molecule has 8 nitrogen and oxygen atoms in total. The standard InChI is InChI=1S/C27H29N5O3S/c1-18(28)21-5-4-20-3-2-19(14-23(20)15-21)17-32-26-7-6-25(16-22(26)10-13-36(32,33)34)35-24-8-11-31(12-9-24)27(29)30/h2-7,10,13-16,24,28H,8-9,11-12,17H2,1H3,(H3,29,30). The second-order valence-electron chi connectivity index (χ2n) is 9.29. The number of piperidine rings is 1. The second-order valence-corrected chi connectivity index (χ2v) is 11.0. The number of anilines is 1. The Labute approximate surface area is 211 Å². The lowest BCUT2D eigenvalue weighted by Crippen LogP contribution is -2.44. The molecule has 3 aromatic rings. The molecule has 3 aromatic carbocycles. The van der Waals surface area contributed by atoms with Gasteiger partial charge in [0.25, 0.3) is 10.0 Å². The Kier molecular flexibility index (Phi) is 6.17. The van der Waals surface area contributed by atoms with Crippen molar-refractivity contribution < 1.29 is 13.2 Å². The average Bonchev–Trinajstić information content (AvgIpc) is 2.85. The number of hydrogen-bond donors (Lipinski definition) is 3. The van der Waals surface area contributed by atoms with Gasteiger partial charge in [-0.25, -0.2) is 8.42 Å². The van der Waals surface area contributed by atoms with Gasteiger partial charge in [-0.3, -0.25) is 9.71 Å². The molecule has 2 aliphatic rings. The number of nitrogens with two attached hydrogens (primary N) is 1. The van der Waals surface area contributed by atoms with Gasteiger partial charge in [0.05, 0.1) is 17.6 Å². The molecule has 2 heterocycles. The molecule has 186 valence electrons. The van der Waals surface area contributed by atoms with E-state index in [4.69, 9.17) is 21.3 Å². The molecule has 1 fully saturated rings. The maximum atomic E-state index is 13.0. The molecule has 0 radical (unpaired) electrons. The van der Waals surface area contributed by atoms with Crippen LogP contribution < -0.4 is 14.8 Å². The molecule has 0 aromatic heterocycles. The molecule has 2 aliphatic heterocycles. The van der Waals surface area contributed by atoms with E-state index in [1.165, 1.54) is 9.71 Å². The third-order valence-electron chi connectivity index (χ3n) is 6.74. The number of guanidine groups is 1. The van der Waals surface area contributed by atoms with Gasteiger partial charge in [-0.2, -0.15) is 0 Å². The van der Waals surface area contributed by atoms with E-state index in [-0.39, 0.29) is 18.6 Å². The Bertz CT molecular complexity index is 1490. The summed E-state index contributed by atoms with van der Waals surface area (Å²) in [6.45, 7) is 3.32. The minimum atomic E-state index is -3.62. The molecule has 0 spiro atoms. The van der Waals surface area contributed by atoms with Crippen molar-refractivity contribution in [2.75, 3.05) is 17.4 Å². The van der Waals surface area contributed by atoms with Gasteiger partial charge in [0, 0.05) is 37.2 Å². The molecule has 0 unspecified atom stereocenters. The maximum absolute atomic E-state index is 13.0. The van der Waals surface area contributed by atoms with Gasteiger partial charge in [-0.05, 0) is 65.2 Å². The Morgan fingerprint density at radius 2 is 1.78 bits per heavy atom. The number of benzene rings is 3. The van der Waals surface area contributed by atoms with Crippen molar-refractivity contribution in [3.8, 4) is 5.75 Å². The fraction of sp³-hybridized carbons (Fsp3) is 0.259. The van der Waals surface area contributed by atoms with Crippen molar-refractivity contribution >= 4 is 44.2 Å². The summed E-state index contributed by atoms with van der Waals surface area (Å²) >= 11 is 0. The molecule has 1 saturated heterocycles. The van der Waals surface area contributed by atoms with E-state index >= 15 is 0 Å². The fourth-order valence-corrected chi connectivity index (χ4v) is 5.95. The van der Waals surface area contributed by atoms with Gasteiger partial charge in [0.2, 0.25) is 0 Å². The number of fused-ring (bicyclic) bond motifs is 2. The van der Waals surface area contributed by atoms with Crippen LogP contribution in [0.25, 0.3) is 16.8 Å². The normalized spacial score (nSPS) is 17.1. The summed E-state index contributed by atoms with van der Waals surface area (Å²) in [6, 6.07) is 17.3. The van der Waals surface area contributed by atoms with Crippen molar-refractivity contribution in [2.24, 2.45) is 5.73 Å². The highest BCUT2D eigenvalue weighted by Crippen LogP contribution is 2.35. The van der Waals surface area contributed by atoms with Crippen LogP contribution in [0.3, 0.4) is 0 Å². The first-order valence-corrected chi connectivity index (χ1v) is 13.4. The predicted octanol–water partition coefficient (Wildman–Crippen LogP) is 4.28. The number of nitrogens with one attached hydrogen (secondary N) is 2. The summed E-state index contributed by atoms with van der Waals surface area (Å²) < 4.78 is 33.6. The lowest BCUT2D eigenvalue weighted by molar-refractivity contribution is 0.130. The summed E-state index contributed by atoms with van der Waals surface area (Å²) in [5, 5.41) is 18.7. The summed E-state index contributed by atoms with van der Waals surface area (Å²) in [6.07, 6.45) is 3.19. The molecule has 9 heteroatoms. The first kappa shape index (κ1) is 23.9. The van der Waals surface area contributed by atoms with E-state index in [0.717, 1.165) is 40.3 Å². The highest BCUT2D eigenvalue weighted by atomic mass is 32.2. The summed E-state index contributed by atoms with van der Waals surface area (Å²) in [5.41, 5.74) is 9.17. The largest absolute Gasteiger partial charge is 0.490 e. The maximum Gasteiger partial charge on any atom is 0.257 e. The quantitative estimate of drug-likeness (QED) is 0.354. The van der Waals surface area contributed by atoms with E-state index in [2.05, 4.69) is 0 Å². The number of sulfonamides is 1. The summed E-state index contributed by atoms with van der Waals surface area (Å²) in [7, 11) is -3.62. The van der Waals surface area contributed by atoms with Crippen LogP contribution in [0.4, 0.5) is 5.69 Å². The van der Waals surface area contributed by atoms with E-state index in [1.807, 2.05) is 53.4 Å². The lowest BCUT2D eigenvalue weighted by atomic mass is 10.0. The van der Waals surface area contributed by atoms with Gasteiger partial charge >= 0.3 is 0 Å². The molecule has 0 bridgehead atoms. The van der Waals surface area contributed by atoms with Gasteiger partial charge < -0.3 is 20.8 Å². The zero-order chi connectivity index (χ0) is 25.4. The minimum absolute atomic E-state index is 0.0261. The van der Waals surface area contributed by atoms with Crippen molar-refractivity contribution in [1.29, 1.82) is 10.8 Å². The smallest absolute Gasteiger partial charge is 0.257 e. The zero-order valence-corrected chi connectivity index (χ0v) is 20.9. The Morgan fingerprint density at radius 3 is 2.50 bits per heavy atom. The third-order valence-corrected chi connectivity index (χ3v) is 8.16. The van der Waals surface area contributed by atoms with Crippen LogP contribution in [0, 0.1) is 10.8 Å². The average molecular weight is 504 g/mol. The van der Waals surface area contributed by atoms with Crippen molar-refractivity contribution in [1.82, 2.24) is 4.90 Å². The van der Waals surface area contributed by atoms with E-state index in [9.17, 15) is 8.42 Å². The number of nitrogens with zero attached hydrogens (tertiary/aromatic N) is 2. The Balaban J connectivity index is 1.38. The zero-order valence-electron chi connectivity index (χ0n) is 20.1. The Morgan fingerprint density at radius 1 is 1.03 bits per heavy atom. The van der Waals surface area contributed by atoms with Crippen molar-refractivity contribution in [3.05, 3.63) is 76.7 Å². The van der Waals surface area contributed by atoms with Crippen LogP contribution in [0.2, 0.25) is 0 Å². The first-order valence-electron chi connectivity index (χ1n) is 11.9. The monoisotopic (exact) mass is 503 g/mol. The number of likely N-dealkylation sites (tertiary alicyclic amines) is 1. The van der Waals surface area contributed by atoms with Gasteiger partial charge in [-0.15, -0.1) is 0 Å². The molecular weight excluding hydrogens is 474 g/mol. The number of hydrogen-bond acceptors (Lipinski definition) is 5. The van der Waals surface area contributed by atoms with Crippen LogP contribution in [0.5, 0.6) is 5.75 Å². The molecule has 0 aliphatic carbocycles. The molecule has 0 atom stereocenters.